The van der Waals surface area contributed by atoms with E-state index < -0.39 is 0 Å². The number of para-hydroxylation sites is 4. The summed E-state index contributed by atoms with van der Waals surface area (Å²) in [6, 6.07) is 136. The molecule has 0 spiro atoms. The van der Waals surface area contributed by atoms with Crippen molar-refractivity contribution in [2.24, 2.45) is 0 Å². The van der Waals surface area contributed by atoms with Gasteiger partial charge in [0.1, 0.15) is 0 Å². The second-order valence-electron chi connectivity index (χ2n) is 33.7. The van der Waals surface area contributed by atoms with Gasteiger partial charge in [0.05, 0.1) is 66.2 Å². The van der Waals surface area contributed by atoms with Gasteiger partial charge in [-0.3, -0.25) is 0 Å². The zero-order chi connectivity index (χ0) is 79.4. The highest BCUT2D eigenvalue weighted by Crippen LogP contribution is 2.54. The number of pyridine rings is 3. The molecule has 12 aromatic heterocycles. The Bertz CT molecular complexity index is 10100. The molecule has 0 fully saturated rings. The van der Waals surface area contributed by atoms with Crippen LogP contribution in [0.3, 0.4) is 0 Å². The molecule has 0 aliphatic rings. The van der Waals surface area contributed by atoms with Crippen LogP contribution in [-0.2, 0) is 0 Å². The normalized spacial score (nSPS) is 12.7. The van der Waals surface area contributed by atoms with Gasteiger partial charge in [-0.1, -0.05) is 261 Å². The summed E-state index contributed by atoms with van der Waals surface area (Å²) in [6.07, 6.45) is 7.15. The molecule has 6 nitrogen and oxygen atoms in total. The minimum absolute atomic E-state index is 1.12. The van der Waals surface area contributed by atoms with Crippen LogP contribution in [0, 0.1) is 0 Å². The van der Waals surface area contributed by atoms with Gasteiger partial charge in [-0.2, -0.15) is 0 Å². The average Bonchev–Trinajstić information content (AvgIpc) is 1.48. The van der Waals surface area contributed by atoms with Crippen molar-refractivity contribution in [1.29, 1.82) is 0 Å². The van der Waals surface area contributed by atoms with Gasteiger partial charge < -0.3 is 26.9 Å². The molecular formula is C114H62N6S3. The van der Waals surface area contributed by atoms with Crippen LogP contribution in [0.5, 0.6) is 0 Å². The molecule has 566 valence electrons. The van der Waals surface area contributed by atoms with E-state index in [0.29, 0.717) is 0 Å². The van der Waals surface area contributed by atoms with E-state index in [0.717, 1.165) is 17.1 Å². The fourth-order valence-electron chi connectivity index (χ4n) is 22.6. The van der Waals surface area contributed by atoms with Crippen molar-refractivity contribution in [2.45, 2.75) is 0 Å². The van der Waals surface area contributed by atoms with Crippen LogP contribution in [0.2, 0.25) is 0 Å². The number of fused-ring (bicyclic) bond motifs is 47. The summed E-state index contributed by atoms with van der Waals surface area (Å²) >= 11 is 5.75. The van der Waals surface area contributed by atoms with E-state index in [1.54, 1.807) is 0 Å². The van der Waals surface area contributed by atoms with E-state index in [2.05, 4.69) is 403 Å². The van der Waals surface area contributed by atoms with Crippen molar-refractivity contribution >= 4 is 274 Å². The van der Waals surface area contributed by atoms with Crippen molar-refractivity contribution in [3.8, 4) is 39.3 Å². The van der Waals surface area contributed by atoms with Crippen molar-refractivity contribution in [2.75, 3.05) is 0 Å². The number of thiophene rings is 3. The van der Waals surface area contributed by atoms with E-state index in [9.17, 15) is 0 Å². The van der Waals surface area contributed by atoms with E-state index in [-0.39, 0.29) is 0 Å². The molecule has 18 aromatic carbocycles. The fraction of sp³-hybridized carbons (Fsp3) is 0. The van der Waals surface area contributed by atoms with Crippen LogP contribution in [0.4, 0.5) is 0 Å². The first-order valence-corrected chi connectivity index (χ1v) is 44.7. The quantitative estimate of drug-likeness (QED) is 0.154. The molecule has 123 heavy (non-hydrogen) atoms. The molecule has 12 heterocycles. The van der Waals surface area contributed by atoms with Crippen LogP contribution in [-0.4, -0.2) is 26.9 Å². The van der Waals surface area contributed by atoms with E-state index >= 15 is 0 Å². The first-order chi connectivity index (χ1) is 61.0. The molecule has 30 rings (SSSR count). The maximum absolute atomic E-state index is 2.59. The molecule has 0 aliphatic carbocycles. The Hall–Kier alpha value is -15.4. The van der Waals surface area contributed by atoms with Gasteiger partial charge in [0, 0.05) is 209 Å². The van der Waals surface area contributed by atoms with Gasteiger partial charge >= 0.3 is 0 Å². The Kier molecular flexibility index (Phi) is 12.7. The highest BCUT2D eigenvalue weighted by atomic mass is 32.1. The van der Waals surface area contributed by atoms with Gasteiger partial charge in [0.25, 0.3) is 0 Å². The first-order valence-electron chi connectivity index (χ1n) is 42.3. The third kappa shape index (κ3) is 8.55. The van der Waals surface area contributed by atoms with E-state index in [4.69, 9.17) is 0 Å². The van der Waals surface area contributed by atoms with Crippen molar-refractivity contribution in [3.05, 3.63) is 377 Å². The van der Waals surface area contributed by atoms with E-state index in [1.165, 1.54) is 262 Å². The lowest BCUT2D eigenvalue weighted by Crippen LogP contribution is -1.98. The van der Waals surface area contributed by atoms with Gasteiger partial charge in [-0.15, -0.1) is 34.0 Å². The molecule has 30 aromatic rings. The molecule has 0 amide bonds. The molecule has 0 aliphatic heterocycles. The van der Waals surface area contributed by atoms with Crippen LogP contribution < -0.4 is 0 Å². The van der Waals surface area contributed by atoms with Crippen molar-refractivity contribution in [1.82, 2.24) is 26.9 Å². The number of rotatable bonds is 5. The third-order valence-electron chi connectivity index (χ3n) is 27.6. The Labute approximate surface area is 711 Å². The standard InChI is InChI=1S/C114H62N6S3/c1-4-24-69(25-5-1)118-92-37-18-16-33-76(92)89-58-91-93(59-96(89)118)115-60-66-21-10-13-30-72(66)106(115)84-51-54-100-105(102(84)91)88-36-20-35-75(113(88)123-100)65-40-43-78-80-45-48-87-103-86(108-74-32-15-12-23-68(74)62-117(108)110(87)112(80)120(95(78)57-65)71-28-8-3-9-29-71)49-46-81-90-55-63(41-52-98(90)122-114(81)103)64-39-42-77-79-44-47-85-101-83(50-53-99-104(101)82-34-17-19-38-97(82)121-99)107-73-31-14-11-22-67(73)61-116(107)109(85)111(79)119(94(77)56-64)70-26-6-2-7-27-70/h1-62H. The SMILES string of the molecule is c1ccc(-n2c3ccccc3c3cc4c5c(ccc6sc7c(-c8ccc9c%10ccc%11c%12c(ccc%13c%14cc(-c%15ccc%16c%17ccc%18c%19c(ccc%20sc%21ccccc%21c%20%19)c%19c%20ccccc%20cn%19c%18c%17n(-c%17ccccc%17)c%16c%15)ccc%14sc%13%12)c%12c%13ccccc%13cn%12c%11c%10n(-c%10ccccc%10)c9c8)cccc7c65)c5c6ccccc6cn5c4cc32)cc1. The number of hydrogen-bond donors (Lipinski definition) is 0. The zero-order valence-corrected chi connectivity index (χ0v) is 68.2. The molecule has 0 bridgehead atoms. The van der Waals surface area contributed by atoms with Crippen molar-refractivity contribution in [3.63, 3.8) is 0 Å². The number of aromatic nitrogens is 6. The lowest BCUT2D eigenvalue weighted by molar-refractivity contribution is 1.17. The minimum Gasteiger partial charge on any atom is -0.315 e. The summed E-state index contributed by atoms with van der Waals surface area (Å²) < 4.78 is 22.9. The van der Waals surface area contributed by atoms with Crippen LogP contribution >= 0.6 is 34.0 Å². The summed E-state index contributed by atoms with van der Waals surface area (Å²) in [5.74, 6) is 0. The second kappa shape index (κ2) is 23.8. The summed E-state index contributed by atoms with van der Waals surface area (Å²) in [4.78, 5) is 0. The molecule has 0 N–H and O–H groups in total. The fourth-order valence-corrected chi connectivity index (χ4v) is 26.2. The van der Waals surface area contributed by atoms with Gasteiger partial charge in [-0.05, 0) is 119 Å². The van der Waals surface area contributed by atoms with Gasteiger partial charge in [0.15, 0.2) is 0 Å². The first kappa shape index (κ1) is 65.6. The minimum atomic E-state index is 1.12. The Morgan fingerprint density at radius 3 is 1.24 bits per heavy atom. The summed E-state index contributed by atoms with van der Waals surface area (Å²) in [7, 11) is 0. The highest BCUT2D eigenvalue weighted by molar-refractivity contribution is 7.27. The predicted molar refractivity (Wildman–Crippen MR) is 529 cm³/mol. The Morgan fingerprint density at radius 1 is 0.171 bits per heavy atom. The zero-order valence-electron chi connectivity index (χ0n) is 65.7. The summed E-state index contributed by atoms with van der Waals surface area (Å²) in [5, 5.41) is 33.9. The smallest absolute Gasteiger partial charge is 0.0788 e. The lowest BCUT2D eigenvalue weighted by atomic mass is 9.96. The van der Waals surface area contributed by atoms with E-state index in [1.807, 2.05) is 34.0 Å². The molecule has 0 unspecified atom stereocenters. The van der Waals surface area contributed by atoms with Crippen LogP contribution in [0.25, 0.3) is 279 Å². The third-order valence-corrected chi connectivity index (χ3v) is 31.2. The topological polar surface area (TPSA) is 28.0 Å². The maximum Gasteiger partial charge on any atom is 0.0788 e. The molecular weight excluding hydrogens is 1550 g/mol. The molecule has 0 atom stereocenters. The van der Waals surface area contributed by atoms with Gasteiger partial charge in [0.2, 0.25) is 0 Å². The molecule has 9 heteroatoms. The molecule has 0 radical (unpaired) electrons. The Morgan fingerprint density at radius 2 is 0.585 bits per heavy atom. The Balaban J connectivity index is 0.628. The highest BCUT2D eigenvalue weighted by Gasteiger charge is 2.29. The second-order valence-corrected chi connectivity index (χ2v) is 36.9. The van der Waals surface area contributed by atoms with Gasteiger partial charge in [-0.25, -0.2) is 0 Å². The summed E-state index contributed by atoms with van der Waals surface area (Å²) in [5.41, 5.74) is 22.6. The largest absolute Gasteiger partial charge is 0.315 e. The van der Waals surface area contributed by atoms with Crippen LogP contribution in [0.1, 0.15) is 0 Å². The number of benzene rings is 18. The molecule has 0 saturated heterocycles. The average molecular weight is 1610 g/mol. The predicted octanol–water partition coefficient (Wildman–Crippen LogP) is 32.6. The summed E-state index contributed by atoms with van der Waals surface area (Å²) in [6.45, 7) is 0. The lowest BCUT2D eigenvalue weighted by Gasteiger charge is -2.15. The maximum atomic E-state index is 2.59. The number of nitrogens with zero attached hydrogens (tertiary/aromatic N) is 6. The van der Waals surface area contributed by atoms with Crippen LogP contribution in [0.15, 0.2) is 377 Å². The molecule has 0 saturated carbocycles. The monoisotopic (exact) mass is 1610 g/mol. The number of hydrogen-bond acceptors (Lipinski definition) is 3. The van der Waals surface area contributed by atoms with Crippen molar-refractivity contribution < 1.29 is 0 Å².